The van der Waals surface area contributed by atoms with Crippen molar-refractivity contribution in [2.75, 3.05) is 30.3 Å². The predicted octanol–water partition coefficient (Wildman–Crippen LogP) is 2.91. The molecule has 2 aliphatic rings. The fraction of sp³-hybridized carbons (Fsp3) is 0.409. The van der Waals surface area contributed by atoms with Crippen LogP contribution < -0.4 is 19.1 Å². The average molecular weight is 431 g/mol. The van der Waals surface area contributed by atoms with E-state index in [1.54, 1.807) is 18.2 Å². The van der Waals surface area contributed by atoms with Crippen molar-refractivity contribution < 1.29 is 22.7 Å². The molecule has 2 aromatic carbocycles. The fourth-order valence-corrected chi connectivity index (χ4v) is 4.93. The second kappa shape index (κ2) is 7.83. The van der Waals surface area contributed by atoms with Crippen molar-refractivity contribution in [3.63, 3.8) is 0 Å². The van der Waals surface area contributed by atoms with Crippen LogP contribution in [0.15, 0.2) is 36.4 Å². The molecule has 0 bridgehead atoms. The Morgan fingerprint density at radius 1 is 1.07 bits per heavy atom. The summed E-state index contributed by atoms with van der Waals surface area (Å²) < 4.78 is 36.5. The molecule has 7 nitrogen and oxygen atoms in total. The monoisotopic (exact) mass is 430 g/mol. The van der Waals surface area contributed by atoms with Gasteiger partial charge in [0.05, 0.1) is 18.0 Å². The summed E-state index contributed by atoms with van der Waals surface area (Å²) in [6.45, 7) is 5.55. The van der Waals surface area contributed by atoms with Crippen molar-refractivity contribution in [1.82, 2.24) is 5.32 Å². The lowest BCUT2D eigenvalue weighted by atomic mass is 9.95. The molecule has 2 heterocycles. The van der Waals surface area contributed by atoms with E-state index in [4.69, 9.17) is 9.47 Å². The van der Waals surface area contributed by atoms with E-state index in [0.29, 0.717) is 48.9 Å². The third kappa shape index (κ3) is 3.96. The van der Waals surface area contributed by atoms with Crippen LogP contribution in [0.3, 0.4) is 0 Å². The van der Waals surface area contributed by atoms with Crippen LogP contribution in [0, 0.1) is 5.92 Å². The van der Waals surface area contributed by atoms with Gasteiger partial charge in [0.1, 0.15) is 13.2 Å². The number of anilines is 1. The minimum absolute atomic E-state index is 0.159. The third-order valence-electron chi connectivity index (χ3n) is 5.47. The van der Waals surface area contributed by atoms with Crippen molar-refractivity contribution in [3.8, 4) is 11.5 Å². The number of carbonyl (C=O) groups excluding carboxylic acids is 1. The molecule has 1 atom stereocenters. The number of sulfonamides is 1. The van der Waals surface area contributed by atoms with Gasteiger partial charge in [0.15, 0.2) is 11.5 Å². The number of fused-ring (bicyclic) bond motifs is 2. The molecule has 0 saturated heterocycles. The minimum Gasteiger partial charge on any atom is -0.486 e. The van der Waals surface area contributed by atoms with E-state index in [-0.39, 0.29) is 17.9 Å². The van der Waals surface area contributed by atoms with Crippen LogP contribution in [0.1, 0.15) is 41.4 Å². The SMILES string of the molecule is CC(C)C(NC(=O)c1ccc2c(c1)CCN2S(C)(=O)=O)c1ccc2c(c1)OCCO2. The normalized spacial score (nSPS) is 16.3. The summed E-state index contributed by atoms with van der Waals surface area (Å²) in [5.41, 5.74) is 2.99. The van der Waals surface area contributed by atoms with E-state index in [2.05, 4.69) is 19.2 Å². The summed E-state index contributed by atoms with van der Waals surface area (Å²) in [5, 5.41) is 3.12. The summed E-state index contributed by atoms with van der Waals surface area (Å²) in [5.74, 6) is 1.38. The smallest absolute Gasteiger partial charge is 0.251 e. The molecule has 0 aliphatic carbocycles. The van der Waals surface area contributed by atoms with Crippen LogP contribution in [0.5, 0.6) is 11.5 Å². The Morgan fingerprint density at radius 2 is 1.80 bits per heavy atom. The number of benzene rings is 2. The maximum absolute atomic E-state index is 13.0. The second-order valence-corrected chi connectivity index (χ2v) is 9.93. The van der Waals surface area contributed by atoms with Crippen LogP contribution in [0.25, 0.3) is 0 Å². The fourth-order valence-electron chi connectivity index (χ4n) is 3.97. The summed E-state index contributed by atoms with van der Waals surface area (Å²) >= 11 is 0. The highest BCUT2D eigenvalue weighted by Crippen LogP contribution is 2.35. The molecule has 0 saturated carbocycles. The van der Waals surface area contributed by atoms with E-state index >= 15 is 0 Å². The molecule has 2 aromatic rings. The van der Waals surface area contributed by atoms with Crippen molar-refractivity contribution in [2.45, 2.75) is 26.3 Å². The number of rotatable bonds is 5. The molecular weight excluding hydrogens is 404 g/mol. The summed E-state index contributed by atoms with van der Waals surface area (Å²) in [7, 11) is -3.31. The van der Waals surface area contributed by atoms with Crippen LogP contribution in [0.2, 0.25) is 0 Å². The Bertz CT molecular complexity index is 1080. The Hall–Kier alpha value is -2.74. The zero-order chi connectivity index (χ0) is 21.5. The third-order valence-corrected chi connectivity index (χ3v) is 6.65. The molecule has 4 rings (SSSR count). The van der Waals surface area contributed by atoms with E-state index < -0.39 is 10.0 Å². The Kier molecular flexibility index (Phi) is 5.36. The highest BCUT2D eigenvalue weighted by molar-refractivity contribution is 7.92. The lowest BCUT2D eigenvalue weighted by Gasteiger charge is -2.25. The molecule has 1 unspecified atom stereocenters. The summed E-state index contributed by atoms with van der Waals surface area (Å²) in [4.78, 5) is 13.0. The Morgan fingerprint density at radius 3 is 2.50 bits per heavy atom. The largest absolute Gasteiger partial charge is 0.486 e. The molecule has 0 aromatic heterocycles. The van der Waals surface area contributed by atoms with E-state index in [9.17, 15) is 13.2 Å². The lowest BCUT2D eigenvalue weighted by Crippen LogP contribution is -2.32. The number of nitrogens with zero attached hydrogens (tertiary/aromatic N) is 1. The van der Waals surface area contributed by atoms with Crippen molar-refractivity contribution in [2.24, 2.45) is 5.92 Å². The van der Waals surface area contributed by atoms with Crippen LogP contribution in [-0.4, -0.2) is 40.3 Å². The zero-order valence-electron chi connectivity index (χ0n) is 17.3. The number of carbonyl (C=O) groups is 1. The first kappa shape index (κ1) is 20.5. The van der Waals surface area contributed by atoms with Gasteiger partial charge in [-0.25, -0.2) is 8.42 Å². The first-order valence-corrected chi connectivity index (χ1v) is 11.9. The lowest BCUT2D eigenvalue weighted by molar-refractivity contribution is 0.0925. The van der Waals surface area contributed by atoms with E-state index in [1.165, 1.54) is 10.6 Å². The van der Waals surface area contributed by atoms with Crippen LogP contribution in [-0.2, 0) is 16.4 Å². The number of amides is 1. The van der Waals surface area contributed by atoms with Crippen molar-refractivity contribution >= 4 is 21.6 Å². The van der Waals surface area contributed by atoms with Gasteiger partial charge in [-0.1, -0.05) is 19.9 Å². The Balaban J connectivity index is 1.56. The number of ether oxygens (including phenoxy) is 2. The molecule has 8 heteroatoms. The van der Waals surface area contributed by atoms with Crippen LogP contribution >= 0.6 is 0 Å². The van der Waals surface area contributed by atoms with Crippen molar-refractivity contribution in [3.05, 3.63) is 53.1 Å². The van der Waals surface area contributed by atoms with Gasteiger partial charge in [-0.15, -0.1) is 0 Å². The van der Waals surface area contributed by atoms with Gasteiger partial charge in [0.2, 0.25) is 10.0 Å². The average Bonchev–Trinajstić information content (AvgIpc) is 3.15. The summed E-state index contributed by atoms with van der Waals surface area (Å²) in [6, 6.07) is 10.7. The molecule has 0 fully saturated rings. The summed E-state index contributed by atoms with van der Waals surface area (Å²) in [6.07, 6.45) is 1.79. The van der Waals surface area contributed by atoms with Gasteiger partial charge in [0, 0.05) is 12.1 Å². The molecular formula is C22H26N2O5S. The van der Waals surface area contributed by atoms with Gasteiger partial charge in [-0.3, -0.25) is 9.10 Å². The minimum atomic E-state index is -3.31. The Labute approximate surface area is 177 Å². The van der Waals surface area contributed by atoms with Gasteiger partial charge >= 0.3 is 0 Å². The van der Waals surface area contributed by atoms with Crippen molar-refractivity contribution in [1.29, 1.82) is 0 Å². The van der Waals surface area contributed by atoms with E-state index in [0.717, 1.165) is 11.1 Å². The molecule has 2 aliphatic heterocycles. The predicted molar refractivity (Wildman–Crippen MR) is 115 cm³/mol. The first-order valence-electron chi connectivity index (χ1n) is 10.0. The standard InChI is InChI=1S/C22H26N2O5S/c1-14(2)21(16-5-7-19-20(13-16)29-11-10-28-19)23-22(25)17-4-6-18-15(12-17)8-9-24(18)30(3,26)27/h4-7,12-14,21H,8-11H2,1-3H3,(H,23,25). The molecule has 1 amide bonds. The molecule has 1 N–H and O–H groups in total. The molecule has 30 heavy (non-hydrogen) atoms. The first-order chi connectivity index (χ1) is 14.2. The maximum atomic E-state index is 13.0. The van der Waals surface area contributed by atoms with E-state index in [1.807, 2.05) is 18.2 Å². The quantitative estimate of drug-likeness (QED) is 0.788. The number of hydrogen-bond acceptors (Lipinski definition) is 5. The topological polar surface area (TPSA) is 84.9 Å². The highest BCUT2D eigenvalue weighted by Gasteiger charge is 2.28. The molecule has 0 radical (unpaired) electrons. The number of hydrogen-bond donors (Lipinski definition) is 1. The van der Waals surface area contributed by atoms with Gasteiger partial charge in [-0.2, -0.15) is 0 Å². The maximum Gasteiger partial charge on any atom is 0.251 e. The van der Waals surface area contributed by atoms with Gasteiger partial charge < -0.3 is 14.8 Å². The second-order valence-electron chi connectivity index (χ2n) is 8.03. The number of nitrogens with one attached hydrogen (secondary N) is 1. The van der Waals surface area contributed by atoms with Gasteiger partial charge in [0.25, 0.3) is 5.91 Å². The zero-order valence-corrected chi connectivity index (χ0v) is 18.2. The van der Waals surface area contributed by atoms with Gasteiger partial charge in [-0.05, 0) is 53.8 Å². The van der Waals surface area contributed by atoms with Crippen LogP contribution in [0.4, 0.5) is 5.69 Å². The molecule has 160 valence electrons. The molecule has 0 spiro atoms. The highest BCUT2D eigenvalue weighted by atomic mass is 32.2.